The number of benzene rings is 1. The molecule has 0 aromatic heterocycles. The lowest BCUT2D eigenvalue weighted by Gasteiger charge is -2.34. The molecule has 176 valence electrons. The van der Waals surface area contributed by atoms with Crippen LogP contribution in [-0.2, 0) is 6.54 Å². The Morgan fingerprint density at radius 3 is 2.42 bits per heavy atom. The number of rotatable bonds is 14. The van der Waals surface area contributed by atoms with Gasteiger partial charge in [0, 0.05) is 59.0 Å². The number of guanidine groups is 1. The van der Waals surface area contributed by atoms with Crippen LogP contribution >= 0.6 is 0 Å². The SMILES string of the molecule is CCCC(CCO)CN=C(NCC)NCCCCN1CCN(Cc2ccccc2)CC1. The molecule has 1 aromatic carbocycles. The lowest BCUT2D eigenvalue weighted by Crippen LogP contribution is -2.46. The van der Waals surface area contributed by atoms with Crippen molar-refractivity contribution >= 4 is 5.96 Å². The molecule has 1 heterocycles. The Morgan fingerprint density at radius 2 is 1.74 bits per heavy atom. The first-order valence-electron chi connectivity index (χ1n) is 12.4. The second-order valence-electron chi connectivity index (χ2n) is 8.62. The summed E-state index contributed by atoms with van der Waals surface area (Å²) in [6.45, 7) is 14.1. The third-order valence-corrected chi connectivity index (χ3v) is 5.99. The van der Waals surface area contributed by atoms with Gasteiger partial charge in [-0.2, -0.15) is 0 Å². The van der Waals surface area contributed by atoms with Crippen LogP contribution in [0.15, 0.2) is 35.3 Å². The van der Waals surface area contributed by atoms with Crippen LogP contribution in [0.2, 0.25) is 0 Å². The van der Waals surface area contributed by atoms with Crippen molar-refractivity contribution in [2.24, 2.45) is 10.9 Å². The molecule has 0 bridgehead atoms. The Morgan fingerprint density at radius 1 is 1.00 bits per heavy atom. The molecule has 1 unspecified atom stereocenters. The second-order valence-corrected chi connectivity index (χ2v) is 8.62. The number of nitrogens with zero attached hydrogens (tertiary/aromatic N) is 3. The van der Waals surface area contributed by atoms with Gasteiger partial charge in [0.2, 0.25) is 0 Å². The molecule has 6 heteroatoms. The number of nitrogens with one attached hydrogen (secondary N) is 2. The van der Waals surface area contributed by atoms with E-state index in [1.807, 2.05) is 0 Å². The zero-order valence-electron chi connectivity index (χ0n) is 19.9. The van der Waals surface area contributed by atoms with Gasteiger partial charge in [-0.25, -0.2) is 0 Å². The number of hydrogen-bond acceptors (Lipinski definition) is 4. The van der Waals surface area contributed by atoms with E-state index in [4.69, 9.17) is 4.99 Å². The number of unbranched alkanes of at least 4 members (excludes halogenated alkanes) is 1. The zero-order chi connectivity index (χ0) is 22.2. The quantitative estimate of drug-likeness (QED) is 0.240. The highest BCUT2D eigenvalue weighted by Gasteiger charge is 2.16. The van der Waals surface area contributed by atoms with E-state index in [1.54, 1.807) is 0 Å². The molecular formula is C25H45N5O. The Balaban J connectivity index is 1.59. The van der Waals surface area contributed by atoms with Gasteiger partial charge in [0.05, 0.1) is 0 Å². The van der Waals surface area contributed by atoms with Gasteiger partial charge in [-0.15, -0.1) is 0 Å². The van der Waals surface area contributed by atoms with E-state index < -0.39 is 0 Å². The van der Waals surface area contributed by atoms with Crippen molar-refractivity contribution in [3.63, 3.8) is 0 Å². The molecule has 0 amide bonds. The molecule has 0 radical (unpaired) electrons. The standard InChI is InChI=1S/C25H45N5O/c1-3-10-23(13-20-31)21-28-25(26-4-2)27-14-8-9-15-29-16-18-30(19-17-29)22-24-11-6-5-7-12-24/h5-7,11-12,23,31H,3-4,8-10,13-22H2,1-2H3,(H2,26,27,28). The maximum atomic E-state index is 9.23. The molecule has 1 aliphatic heterocycles. The van der Waals surface area contributed by atoms with Crippen LogP contribution in [0.25, 0.3) is 0 Å². The Kier molecular flexibility index (Phi) is 13.3. The first-order valence-corrected chi connectivity index (χ1v) is 12.4. The highest BCUT2D eigenvalue weighted by Crippen LogP contribution is 2.11. The number of aliphatic hydroxyl groups excluding tert-OH is 1. The lowest BCUT2D eigenvalue weighted by molar-refractivity contribution is 0.126. The third-order valence-electron chi connectivity index (χ3n) is 5.99. The zero-order valence-corrected chi connectivity index (χ0v) is 19.9. The fraction of sp³-hybridized carbons (Fsp3) is 0.720. The van der Waals surface area contributed by atoms with Gasteiger partial charge in [0.15, 0.2) is 5.96 Å². The summed E-state index contributed by atoms with van der Waals surface area (Å²) in [4.78, 5) is 9.92. The van der Waals surface area contributed by atoms with Crippen molar-refractivity contribution in [3.8, 4) is 0 Å². The van der Waals surface area contributed by atoms with Crippen LogP contribution in [-0.4, -0.2) is 79.8 Å². The lowest BCUT2D eigenvalue weighted by atomic mass is 10.0. The molecule has 1 fully saturated rings. The Bertz CT molecular complexity index is 581. The van der Waals surface area contributed by atoms with Gasteiger partial charge in [-0.05, 0) is 50.6 Å². The second kappa shape index (κ2) is 16.1. The number of aliphatic hydroxyl groups is 1. The predicted octanol–water partition coefficient (Wildman–Crippen LogP) is 2.94. The summed E-state index contributed by atoms with van der Waals surface area (Å²) in [5.41, 5.74) is 1.41. The van der Waals surface area contributed by atoms with E-state index >= 15 is 0 Å². The van der Waals surface area contributed by atoms with Gasteiger partial charge < -0.3 is 20.6 Å². The summed E-state index contributed by atoms with van der Waals surface area (Å²) in [6.07, 6.45) is 5.49. The minimum Gasteiger partial charge on any atom is -0.396 e. The average molecular weight is 432 g/mol. The van der Waals surface area contributed by atoms with Crippen molar-refractivity contribution in [2.75, 3.05) is 59.0 Å². The van der Waals surface area contributed by atoms with Crippen molar-refractivity contribution in [2.45, 2.75) is 52.5 Å². The summed E-state index contributed by atoms with van der Waals surface area (Å²) >= 11 is 0. The highest BCUT2D eigenvalue weighted by atomic mass is 16.3. The summed E-state index contributed by atoms with van der Waals surface area (Å²) in [5.74, 6) is 1.39. The fourth-order valence-electron chi connectivity index (χ4n) is 4.16. The first kappa shape index (κ1) is 25.6. The molecule has 31 heavy (non-hydrogen) atoms. The minimum absolute atomic E-state index is 0.255. The number of piperazine rings is 1. The molecule has 0 spiro atoms. The van der Waals surface area contributed by atoms with Crippen LogP contribution in [0.4, 0.5) is 0 Å². The monoisotopic (exact) mass is 431 g/mol. The van der Waals surface area contributed by atoms with Crippen LogP contribution in [0.5, 0.6) is 0 Å². The molecular weight excluding hydrogens is 386 g/mol. The number of hydrogen-bond donors (Lipinski definition) is 3. The number of aliphatic imine (C=N–C) groups is 1. The molecule has 3 N–H and O–H groups in total. The maximum absolute atomic E-state index is 9.23. The Labute approximate surface area is 190 Å². The smallest absolute Gasteiger partial charge is 0.191 e. The van der Waals surface area contributed by atoms with Crippen LogP contribution in [0, 0.1) is 5.92 Å². The molecule has 0 saturated carbocycles. The largest absolute Gasteiger partial charge is 0.396 e. The molecule has 1 atom stereocenters. The molecule has 1 aromatic rings. The maximum Gasteiger partial charge on any atom is 0.191 e. The van der Waals surface area contributed by atoms with Crippen LogP contribution in [0.1, 0.15) is 51.5 Å². The van der Waals surface area contributed by atoms with Crippen LogP contribution in [0.3, 0.4) is 0 Å². The summed E-state index contributed by atoms with van der Waals surface area (Å²) in [7, 11) is 0. The summed E-state index contributed by atoms with van der Waals surface area (Å²) < 4.78 is 0. The van der Waals surface area contributed by atoms with Crippen molar-refractivity contribution in [3.05, 3.63) is 35.9 Å². The summed E-state index contributed by atoms with van der Waals surface area (Å²) in [6, 6.07) is 10.8. The average Bonchev–Trinajstić information content (AvgIpc) is 2.79. The summed E-state index contributed by atoms with van der Waals surface area (Å²) in [5, 5.41) is 16.1. The van der Waals surface area contributed by atoms with E-state index in [2.05, 4.69) is 64.6 Å². The normalized spacial score (nSPS) is 16.9. The van der Waals surface area contributed by atoms with Crippen LogP contribution < -0.4 is 10.6 Å². The van der Waals surface area contributed by atoms with Gasteiger partial charge in [0.25, 0.3) is 0 Å². The molecule has 2 rings (SSSR count). The molecule has 1 aliphatic rings. The van der Waals surface area contributed by atoms with Crippen molar-refractivity contribution in [1.82, 2.24) is 20.4 Å². The minimum atomic E-state index is 0.255. The topological polar surface area (TPSA) is 63.1 Å². The molecule has 0 aliphatic carbocycles. The van der Waals surface area contributed by atoms with Gasteiger partial charge >= 0.3 is 0 Å². The van der Waals surface area contributed by atoms with Gasteiger partial charge in [-0.1, -0.05) is 43.7 Å². The molecule has 6 nitrogen and oxygen atoms in total. The predicted molar refractivity (Wildman–Crippen MR) is 131 cm³/mol. The van der Waals surface area contributed by atoms with Crippen molar-refractivity contribution < 1.29 is 5.11 Å². The Hall–Kier alpha value is -1.63. The van der Waals surface area contributed by atoms with E-state index in [-0.39, 0.29) is 6.61 Å². The third kappa shape index (κ3) is 11.0. The molecule has 1 saturated heterocycles. The highest BCUT2D eigenvalue weighted by molar-refractivity contribution is 5.79. The van der Waals surface area contributed by atoms with E-state index in [0.717, 1.165) is 70.9 Å². The van der Waals surface area contributed by atoms with Gasteiger partial charge in [0.1, 0.15) is 0 Å². The van der Waals surface area contributed by atoms with E-state index in [9.17, 15) is 5.11 Å². The fourth-order valence-corrected chi connectivity index (χ4v) is 4.16. The van der Waals surface area contributed by atoms with E-state index in [1.165, 1.54) is 31.6 Å². The van der Waals surface area contributed by atoms with Gasteiger partial charge in [-0.3, -0.25) is 9.89 Å². The first-order chi connectivity index (χ1) is 15.2. The van der Waals surface area contributed by atoms with Crippen molar-refractivity contribution in [1.29, 1.82) is 0 Å². The van der Waals surface area contributed by atoms with E-state index in [0.29, 0.717) is 5.92 Å².